The molecule has 5 heteroatoms. The Morgan fingerprint density at radius 3 is 2.94 bits per heavy atom. The van der Waals surface area contributed by atoms with Crippen LogP contribution in [0.25, 0.3) is 0 Å². The number of carbonyl (C=O) groups is 1. The molecule has 1 rings (SSSR count). The quantitative estimate of drug-likeness (QED) is 0.564. The molecule has 1 amide bonds. The summed E-state index contributed by atoms with van der Waals surface area (Å²) in [5.74, 6) is 0.759. The number of amides is 1. The zero-order valence-corrected chi connectivity index (χ0v) is 12.0. The molecular weight excluding hydrogens is 252 g/mol. The first-order valence-corrected chi connectivity index (χ1v) is 7.66. The van der Waals surface area contributed by atoms with Crippen LogP contribution in [0.15, 0.2) is 21.7 Å². The van der Waals surface area contributed by atoms with Crippen molar-refractivity contribution < 1.29 is 4.79 Å². The molecule has 0 saturated heterocycles. The SMILES string of the molecule is CCNC(C)(CCCSc1cccs1)C(N)=O. The molecule has 0 aliphatic heterocycles. The van der Waals surface area contributed by atoms with Gasteiger partial charge in [-0.15, -0.1) is 23.1 Å². The number of thioether (sulfide) groups is 1. The van der Waals surface area contributed by atoms with Crippen LogP contribution in [0.1, 0.15) is 26.7 Å². The number of hydrogen-bond donors (Lipinski definition) is 2. The van der Waals surface area contributed by atoms with Crippen molar-refractivity contribution in [3.63, 3.8) is 0 Å². The van der Waals surface area contributed by atoms with E-state index < -0.39 is 5.54 Å². The van der Waals surface area contributed by atoms with E-state index in [1.54, 1.807) is 11.3 Å². The summed E-state index contributed by atoms with van der Waals surface area (Å²) in [7, 11) is 0. The first-order chi connectivity index (χ1) is 8.08. The molecule has 1 heterocycles. The Bertz CT molecular complexity index is 340. The van der Waals surface area contributed by atoms with Gasteiger partial charge in [-0.05, 0) is 43.5 Å². The third-order valence-electron chi connectivity index (χ3n) is 2.67. The van der Waals surface area contributed by atoms with Crippen LogP contribution in [0, 0.1) is 0 Å². The van der Waals surface area contributed by atoms with Crippen LogP contribution in [0.3, 0.4) is 0 Å². The molecule has 0 aliphatic rings. The van der Waals surface area contributed by atoms with Crippen molar-refractivity contribution in [2.45, 2.75) is 36.4 Å². The summed E-state index contributed by atoms with van der Waals surface area (Å²) in [5.41, 5.74) is 4.86. The summed E-state index contributed by atoms with van der Waals surface area (Å²) in [4.78, 5) is 11.4. The summed E-state index contributed by atoms with van der Waals surface area (Å²) in [6, 6.07) is 4.17. The van der Waals surface area contributed by atoms with E-state index in [1.165, 1.54) is 4.21 Å². The van der Waals surface area contributed by atoms with Crippen molar-refractivity contribution in [2.75, 3.05) is 12.3 Å². The fraction of sp³-hybridized carbons (Fsp3) is 0.583. The predicted octanol–water partition coefficient (Wildman–Crippen LogP) is 2.47. The summed E-state index contributed by atoms with van der Waals surface area (Å²) in [5, 5.41) is 5.25. The summed E-state index contributed by atoms with van der Waals surface area (Å²) in [6.45, 7) is 4.63. The minimum absolute atomic E-state index is 0.263. The number of rotatable bonds is 8. The van der Waals surface area contributed by atoms with Crippen molar-refractivity contribution in [3.8, 4) is 0 Å². The molecule has 0 aliphatic carbocycles. The van der Waals surface area contributed by atoms with E-state index in [2.05, 4.69) is 22.8 Å². The highest BCUT2D eigenvalue weighted by molar-refractivity contribution is 8.01. The molecule has 3 N–H and O–H groups in total. The zero-order chi connectivity index (χ0) is 12.7. The lowest BCUT2D eigenvalue weighted by molar-refractivity contribution is -0.124. The number of thiophene rings is 1. The first-order valence-electron chi connectivity index (χ1n) is 5.79. The Balaban J connectivity index is 2.30. The van der Waals surface area contributed by atoms with Gasteiger partial charge in [-0.2, -0.15) is 0 Å². The van der Waals surface area contributed by atoms with Gasteiger partial charge in [0.2, 0.25) is 5.91 Å². The maximum atomic E-state index is 11.4. The molecule has 1 atom stereocenters. The first kappa shape index (κ1) is 14.5. The molecule has 1 aromatic rings. The van der Waals surface area contributed by atoms with Crippen LogP contribution in [0.4, 0.5) is 0 Å². The van der Waals surface area contributed by atoms with Gasteiger partial charge in [0.1, 0.15) is 0 Å². The second-order valence-corrected chi connectivity index (χ2v) is 6.45. The summed E-state index contributed by atoms with van der Waals surface area (Å²) in [6.07, 6.45) is 1.77. The van der Waals surface area contributed by atoms with Crippen LogP contribution in [-0.4, -0.2) is 23.7 Å². The molecule has 0 saturated carbocycles. The van der Waals surface area contributed by atoms with Crippen molar-refractivity contribution >= 4 is 29.0 Å². The molecule has 96 valence electrons. The monoisotopic (exact) mass is 272 g/mol. The Hall–Kier alpha value is -0.520. The van der Waals surface area contributed by atoms with Crippen molar-refractivity contribution in [1.82, 2.24) is 5.32 Å². The number of hydrogen-bond acceptors (Lipinski definition) is 4. The van der Waals surface area contributed by atoms with E-state index in [0.717, 1.165) is 25.1 Å². The lowest BCUT2D eigenvalue weighted by atomic mass is 9.95. The average Bonchev–Trinajstić information content (AvgIpc) is 2.77. The molecule has 0 radical (unpaired) electrons. The van der Waals surface area contributed by atoms with Gasteiger partial charge >= 0.3 is 0 Å². The van der Waals surface area contributed by atoms with E-state index in [-0.39, 0.29) is 5.91 Å². The van der Waals surface area contributed by atoms with E-state index >= 15 is 0 Å². The molecule has 0 fully saturated rings. The smallest absolute Gasteiger partial charge is 0.237 e. The molecule has 0 bridgehead atoms. The van der Waals surface area contributed by atoms with Gasteiger partial charge in [-0.3, -0.25) is 4.79 Å². The molecule has 0 spiro atoms. The zero-order valence-electron chi connectivity index (χ0n) is 10.4. The maximum Gasteiger partial charge on any atom is 0.237 e. The fourth-order valence-corrected chi connectivity index (χ4v) is 3.43. The van der Waals surface area contributed by atoms with Crippen LogP contribution >= 0.6 is 23.1 Å². The van der Waals surface area contributed by atoms with Crippen molar-refractivity contribution in [1.29, 1.82) is 0 Å². The lowest BCUT2D eigenvalue weighted by Crippen LogP contribution is -2.53. The minimum atomic E-state index is -0.565. The normalized spacial score (nSPS) is 14.5. The average molecular weight is 272 g/mol. The highest BCUT2D eigenvalue weighted by Crippen LogP contribution is 2.25. The van der Waals surface area contributed by atoms with Crippen LogP contribution in [0.2, 0.25) is 0 Å². The standard InChI is InChI=1S/C12H20N2OS2/c1-3-14-12(2,11(13)15)7-5-9-17-10-6-4-8-16-10/h4,6,8,14H,3,5,7,9H2,1-2H3,(H2,13,15). The van der Waals surface area contributed by atoms with Gasteiger partial charge < -0.3 is 11.1 Å². The highest BCUT2D eigenvalue weighted by atomic mass is 32.2. The van der Waals surface area contributed by atoms with Crippen molar-refractivity contribution in [3.05, 3.63) is 17.5 Å². The Kier molecular flexibility index (Phi) is 6.02. The number of likely N-dealkylation sites (N-methyl/N-ethyl adjacent to an activating group) is 1. The third kappa shape index (κ3) is 4.69. The Labute approximate surface area is 111 Å². The van der Waals surface area contributed by atoms with Crippen LogP contribution in [-0.2, 0) is 4.79 Å². The number of nitrogens with one attached hydrogen (secondary N) is 1. The fourth-order valence-electron chi connectivity index (χ4n) is 1.63. The number of carbonyl (C=O) groups excluding carboxylic acids is 1. The molecule has 0 aromatic carbocycles. The van der Waals surface area contributed by atoms with Crippen molar-refractivity contribution in [2.24, 2.45) is 5.73 Å². The van der Waals surface area contributed by atoms with Gasteiger partial charge in [-0.1, -0.05) is 13.0 Å². The second-order valence-electron chi connectivity index (χ2n) is 4.11. The number of primary amides is 1. The van der Waals surface area contributed by atoms with Gasteiger partial charge in [0, 0.05) is 0 Å². The summed E-state index contributed by atoms with van der Waals surface area (Å²) >= 11 is 3.59. The van der Waals surface area contributed by atoms with Gasteiger partial charge in [0.15, 0.2) is 0 Å². The van der Waals surface area contributed by atoms with E-state index in [0.29, 0.717) is 0 Å². The topological polar surface area (TPSA) is 55.1 Å². The molecular formula is C12H20N2OS2. The van der Waals surface area contributed by atoms with E-state index in [4.69, 9.17) is 5.73 Å². The summed E-state index contributed by atoms with van der Waals surface area (Å²) < 4.78 is 1.33. The third-order valence-corrected chi connectivity index (χ3v) is 4.89. The Morgan fingerprint density at radius 1 is 1.65 bits per heavy atom. The lowest BCUT2D eigenvalue weighted by Gasteiger charge is -2.26. The molecule has 3 nitrogen and oxygen atoms in total. The van der Waals surface area contributed by atoms with Gasteiger partial charge in [0.05, 0.1) is 9.75 Å². The Morgan fingerprint density at radius 2 is 2.41 bits per heavy atom. The predicted molar refractivity (Wildman–Crippen MR) is 75.6 cm³/mol. The van der Waals surface area contributed by atoms with Gasteiger partial charge in [-0.25, -0.2) is 0 Å². The minimum Gasteiger partial charge on any atom is -0.368 e. The molecule has 1 aromatic heterocycles. The largest absolute Gasteiger partial charge is 0.368 e. The maximum absolute atomic E-state index is 11.4. The second kappa shape index (κ2) is 7.03. The van der Waals surface area contributed by atoms with E-state index in [9.17, 15) is 4.79 Å². The number of nitrogens with two attached hydrogens (primary N) is 1. The molecule has 1 unspecified atom stereocenters. The molecule has 17 heavy (non-hydrogen) atoms. The van der Waals surface area contributed by atoms with E-state index in [1.807, 2.05) is 25.6 Å². The van der Waals surface area contributed by atoms with Crippen LogP contribution < -0.4 is 11.1 Å². The highest BCUT2D eigenvalue weighted by Gasteiger charge is 2.28. The van der Waals surface area contributed by atoms with Gasteiger partial charge in [0.25, 0.3) is 0 Å². The van der Waals surface area contributed by atoms with Crippen LogP contribution in [0.5, 0.6) is 0 Å².